The van der Waals surface area contributed by atoms with E-state index in [4.69, 9.17) is 0 Å². The summed E-state index contributed by atoms with van der Waals surface area (Å²) in [5, 5.41) is 17.0. The van der Waals surface area contributed by atoms with E-state index in [0.717, 1.165) is 28.5 Å². The van der Waals surface area contributed by atoms with Gasteiger partial charge in [-0.1, -0.05) is 36.4 Å². The highest BCUT2D eigenvalue weighted by atomic mass is 15.3. The molecule has 0 radical (unpaired) electrons. The minimum Gasteiger partial charge on any atom is -0.361 e. The summed E-state index contributed by atoms with van der Waals surface area (Å²) < 4.78 is 0. The highest BCUT2D eigenvalue weighted by Gasteiger charge is 2.06. The van der Waals surface area contributed by atoms with Crippen LogP contribution >= 0.6 is 0 Å². The third-order valence-electron chi connectivity index (χ3n) is 4.81. The van der Waals surface area contributed by atoms with E-state index < -0.39 is 0 Å². The second-order valence-electron chi connectivity index (χ2n) is 6.71. The van der Waals surface area contributed by atoms with Gasteiger partial charge in [0.1, 0.15) is 0 Å². The molecule has 0 amide bonds. The summed E-state index contributed by atoms with van der Waals surface area (Å²) >= 11 is 0. The predicted octanol–water partition coefficient (Wildman–Crippen LogP) is 4.30. The van der Waals surface area contributed by atoms with Gasteiger partial charge in [0.2, 0.25) is 5.95 Å². The van der Waals surface area contributed by atoms with Crippen molar-refractivity contribution >= 4 is 39.3 Å². The molecule has 3 heterocycles. The van der Waals surface area contributed by atoms with Crippen molar-refractivity contribution in [1.29, 1.82) is 0 Å². The van der Waals surface area contributed by atoms with Gasteiger partial charge >= 0.3 is 0 Å². The molecule has 0 spiro atoms. The molecule has 0 aliphatic heterocycles. The third kappa shape index (κ3) is 3.58. The van der Waals surface area contributed by atoms with E-state index in [1.54, 1.807) is 12.4 Å². The number of H-pyrrole nitrogens is 1. The van der Waals surface area contributed by atoms with Crippen LogP contribution in [0.3, 0.4) is 0 Å². The number of aromatic nitrogens is 5. The van der Waals surface area contributed by atoms with Gasteiger partial charge in [0.15, 0.2) is 5.82 Å². The number of hydrogen-bond donors (Lipinski definition) is 3. The molecule has 7 heteroatoms. The zero-order chi connectivity index (χ0) is 19.5. The Morgan fingerprint density at radius 3 is 2.90 bits per heavy atom. The first-order valence-electron chi connectivity index (χ1n) is 9.46. The SMILES string of the molecule is c1cnc2c(Nc3cnnc(NCCc4c[nH]c5ccccc45)n3)cccc2c1. The summed E-state index contributed by atoms with van der Waals surface area (Å²) in [5.74, 6) is 1.11. The van der Waals surface area contributed by atoms with Crippen LogP contribution in [0.25, 0.3) is 21.8 Å². The van der Waals surface area contributed by atoms with Gasteiger partial charge in [-0.3, -0.25) is 4.98 Å². The standard InChI is InChI=1S/C22H19N7/c1-2-8-18-17(7-1)16(13-25-18)10-12-24-22-28-20(14-26-29-22)27-19-9-3-5-15-6-4-11-23-21(15)19/h1-9,11,13-14,25H,10,12H2,(H2,24,27,28,29). The van der Waals surface area contributed by atoms with E-state index >= 15 is 0 Å². The smallest absolute Gasteiger partial charge is 0.244 e. The third-order valence-corrected chi connectivity index (χ3v) is 4.81. The zero-order valence-electron chi connectivity index (χ0n) is 15.6. The number of rotatable bonds is 6. The predicted molar refractivity (Wildman–Crippen MR) is 115 cm³/mol. The molecule has 0 unspecified atom stereocenters. The first-order chi connectivity index (χ1) is 14.4. The monoisotopic (exact) mass is 381 g/mol. The molecule has 3 N–H and O–H groups in total. The van der Waals surface area contributed by atoms with Crippen molar-refractivity contribution in [2.75, 3.05) is 17.2 Å². The largest absolute Gasteiger partial charge is 0.361 e. The number of fused-ring (bicyclic) bond motifs is 2. The fourth-order valence-electron chi connectivity index (χ4n) is 3.43. The van der Waals surface area contributed by atoms with Crippen LogP contribution < -0.4 is 10.6 Å². The van der Waals surface area contributed by atoms with Crippen LogP contribution in [-0.4, -0.2) is 31.7 Å². The number of aromatic amines is 1. The molecule has 5 rings (SSSR count). The second-order valence-corrected chi connectivity index (χ2v) is 6.71. The van der Waals surface area contributed by atoms with Gasteiger partial charge in [0.25, 0.3) is 0 Å². The van der Waals surface area contributed by atoms with Crippen LogP contribution in [0.15, 0.2) is 73.2 Å². The van der Waals surface area contributed by atoms with Gasteiger partial charge in [-0.15, -0.1) is 5.10 Å². The lowest BCUT2D eigenvalue weighted by molar-refractivity contribution is 0.931. The van der Waals surface area contributed by atoms with Crippen molar-refractivity contribution < 1.29 is 0 Å². The van der Waals surface area contributed by atoms with Crippen molar-refractivity contribution in [2.45, 2.75) is 6.42 Å². The van der Waals surface area contributed by atoms with Crippen LogP contribution in [0.5, 0.6) is 0 Å². The van der Waals surface area contributed by atoms with Gasteiger partial charge in [-0.05, 0) is 30.2 Å². The van der Waals surface area contributed by atoms with Crippen molar-refractivity contribution in [3.63, 3.8) is 0 Å². The maximum absolute atomic E-state index is 4.52. The van der Waals surface area contributed by atoms with Crippen LogP contribution in [0.2, 0.25) is 0 Å². The fourth-order valence-corrected chi connectivity index (χ4v) is 3.43. The van der Waals surface area contributed by atoms with Crippen molar-refractivity contribution in [1.82, 2.24) is 25.1 Å². The Morgan fingerprint density at radius 1 is 0.966 bits per heavy atom. The molecule has 3 aromatic heterocycles. The summed E-state index contributed by atoms with van der Waals surface area (Å²) in [7, 11) is 0. The summed E-state index contributed by atoms with van der Waals surface area (Å²) in [6.45, 7) is 0.711. The topological polar surface area (TPSA) is 91.4 Å². The van der Waals surface area contributed by atoms with Crippen molar-refractivity contribution in [3.8, 4) is 0 Å². The van der Waals surface area contributed by atoms with Gasteiger partial charge in [0.05, 0.1) is 17.4 Å². The van der Waals surface area contributed by atoms with E-state index in [9.17, 15) is 0 Å². The van der Waals surface area contributed by atoms with Gasteiger partial charge in [0, 0.05) is 35.2 Å². The van der Waals surface area contributed by atoms with Crippen molar-refractivity contribution in [2.24, 2.45) is 0 Å². The lowest BCUT2D eigenvalue weighted by atomic mass is 10.1. The normalized spacial score (nSPS) is 11.0. The maximum atomic E-state index is 4.52. The minimum absolute atomic E-state index is 0.489. The molecule has 7 nitrogen and oxygen atoms in total. The van der Waals surface area contributed by atoms with E-state index in [1.165, 1.54) is 10.9 Å². The molecule has 0 atom stereocenters. The van der Waals surface area contributed by atoms with E-state index in [0.29, 0.717) is 18.3 Å². The molecule has 0 aliphatic carbocycles. The summed E-state index contributed by atoms with van der Waals surface area (Å²) in [5.41, 5.74) is 4.18. The zero-order valence-corrected chi connectivity index (χ0v) is 15.6. The average molecular weight is 381 g/mol. The van der Waals surface area contributed by atoms with E-state index in [1.807, 2.05) is 36.4 Å². The molecule has 0 saturated carbocycles. The summed E-state index contributed by atoms with van der Waals surface area (Å²) in [4.78, 5) is 12.3. The Balaban J connectivity index is 1.28. The molecule has 0 saturated heterocycles. The van der Waals surface area contributed by atoms with Gasteiger partial charge in [-0.2, -0.15) is 10.1 Å². The minimum atomic E-state index is 0.489. The lowest BCUT2D eigenvalue weighted by Crippen LogP contribution is -2.09. The van der Waals surface area contributed by atoms with Crippen LogP contribution in [0, 0.1) is 0 Å². The fraction of sp³-hybridized carbons (Fsp3) is 0.0909. The quantitative estimate of drug-likeness (QED) is 0.406. The number of para-hydroxylation sites is 2. The highest BCUT2D eigenvalue weighted by Crippen LogP contribution is 2.23. The molecular formula is C22H19N7. The van der Waals surface area contributed by atoms with E-state index in [-0.39, 0.29) is 0 Å². The summed E-state index contributed by atoms with van der Waals surface area (Å²) in [6.07, 6.45) is 6.30. The van der Waals surface area contributed by atoms with E-state index in [2.05, 4.69) is 60.2 Å². The van der Waals surface area contributed by atoms with Crippen LogP contribution in [0.1, 0.15) is 5.56 Å². The van der Waals surface area contributed by atoms with Gasteiger partial charge in [-0.25, -0.2) is 0 Å². The average Bonchev–Trinajstić information content (AvgIpc) is 3.18. The first-order valence-corrected chi connectivity index (χ1v) is 9.46. The Labute approximate surface area is 167 Å². The molecule has 0 bridgehead atoms. The number of nitrogens with one attached hydrogen (secondary N) is 3. The number of nitrogens with zero attached hydrogens (tertiary/aromatic N) is 4. The van der Waals surface area contributed by atoms with Crippen LogP contribution in [0.4, 0.5) is 17.5 Å². The molecule has 29 heavy (non-hydrogen) atoms. The molecule has 2 aromatic carbocycles. The number of pyridine rings is 1. The molecule has 5 aromatic rings. The lowest BCUT2D eigenvalue weighted by Gasteiger charge is -2.09. The Kier molecular flexibility index (Phi) is 4.46. The number of hydrogen-bond acceptors (Lipinski definition) is 6. The first kappa shape index (κ1) is 17.1. The Morgan fingerprint density at radius 2 is 1.90 bits per heavy atom. The second kappa shape index (κ2) is 7.55. The molecule has 0 aliphatic rings. The van der Waals surface area contributed by atoms with Gasteiger partial charge < -0.3 is 15.6 Å². The summed E-state index contributed by atoms with van der Waals surface area (Å²) in [6, 6.07) is 18.2. The van der Waals surface area contributed by atoms with Crippen molar-refractivity contribution in [3.05, 3.63) is 78.8 Å². The highest BCUT2D eigenvalue weighted by molar-refractivity contribution is 5.91. The maximum Gasteiger partial charge on any atom is 0.244 e. The Hall–Kier alpha value is -4.00. The number of anilines is 3. The number of benzene rings is 2. The Bertz CT molecular complexity index is 1270. The molecular weight excluding hydrogens is 362 g/mol. The molecule has 142 valence electrons. The molecule has 0 fully saturated rings. The van der Waals surface area contributed by atoms with Crippen LogP contribution in [-0.2, 0) is 6.42 Å².